The number of carbonyl (C=O) groups excluding carboxylic acids is 2. The third kappa shape index (κ3) is 5.58. The molecule has 1 heterocycles. The van der Waals surface area contributed by atoms with Crippen LogP contribution in [0.15, 0.2) is 48.5 Å². The lowest BCUT2D eigenvalue weighted by molar-refractivity contribution is -0.144. The Labute approximate surface area is 200 Å². The maximum Gasteiger partial charge on any atom is 0.415 e. The fourth-order valence-corrected chi connectivity index (χ4v) is 4.96. The number of rotatable bonds is 7. The van der Waals surface area contributed by atoms with Crippen molar-refractivity contribution in [3.05, 3.63) is 65.2 Å². The van der Waals surface area contributed by atoms with Crippen molar-refractivity contribution in [2.45, 2.75) is 64.0 Å². The van der Waals surface area contributed by atoms with E-state index >= 15 is 0 Å². The zero-order valence-electron chi connectivity index (χ0n) is 19.6. The van der Waals surface area contributed by atoms with E-state index in [-0.39, 0.29) is 18.6 Å². The number of ether oxygens (including phenoxy) is 1. The predicted octanol–water partition coefficient (Wildman–Crippen LogP) is 4.35. The average molecular weight is 465 g/mol. The van der Waals surface area contributed by atoms with E-state index in [0.717, 1.165) is 48.8 Å². The van der Waals surface area contributed by atoms with Gasteiger partial charge in [-0.15, -0.1) is 0 Å². The lowest BCUT2D eigenvalue weighted by Gasteiger charge is -2.31. The molecular formula is C27H32N2O5. The van der Waals surface area contributed by atoms with Gasteiger partial charge in [0, 0.05) is 13.0 Å². The number of nitrogens with zero attached hydrogens (tertiary/aromatic N) is 2. The van der Waals surface area contributed by atoms with Gasteiger partial charge in [0.2, 0.25) is 5.91 Å². The molecule has 1 aliphatic carbocycles. The van der Waals surface area contributed by atoms with Crippen LogP contribution in [-0.4, -0.2) is 53.2 Å². The maximum absolute atomic E-state index is 13.7. The van der Waals surface area contributed by atoms with Crippen LogP contribution in [0.1, 0.15) is 48.8 Å². The first-order valence-corrected chi connectivity index (χ1v) is 12.1. The normalized spacial score (nSPS) is 17.8. The van der Waals surface area contributed by atoms with Crippen LogP contribution in [0.25, 0.3) is 0 Å². The highest BCUT2D eigenvalue weighted by molar-refractivity contribution is 6.01. The molecule has 0 aromatic heterocycles. The number of carboxylic acid groups (broad SMARTS) is 1. The Kier molecular flexibility index (Phi) is 7.50. The topological polar surface area (TPSA) is 87.2 Å². The van der Waals surface area contributed by atoms with Gasteiger partial charge in [0.25, 0.3) is 0 Å². The number of carboxylic acids is 1. The van der Waals surface area contributed by atoms with E-state index in [1.54, 1.807) is 0 Å². The van der Waals surface area contributed by atoms with Crippen LogP contribution in [0.4, 0.5) is 10.5 Å². The number of benzene rings is 2. The summed E-state index contributed by atoms with van der Waals surface area (Å²) in [6.07, 6.45) is 5.09. The van der Waals surface area contributed by atoms with Gasteiger partial charge in [-0.2, -0.15) is 0 Å². The van der Waals surface area contributed by atoms with E-state index in [9.17, 15) is 19.5 Å². The molecule has 7 nitrogen and oxygen atoms in total. The molecule has 0 unspecified atom stereocenters. The fraction of sp³-hybridized carbons (Fsp3) is 0.444. The van der Waals surface area contributed by atoms with E-state index < -0.39 is 24.6 Å². The summed E-state index contributed by atoms with van der Waals surface area (Å²) in [6.45, 7) is 1.84. The van der Waals surface area contributed by atoms with Crippen LogP contribution in [-0.2, 0) is 27.2 Å². The van der Waals surface area contributed by atoms with E-state index in [1.807, 2.05) is 55.5 Å². The predicted molar refractivity (Wildman–Crippen MR) is 129 cm³/mol. The second kappa shape index (κ2) is 10.7. The molecule has 180 valence electrons. The number of hydrogen-bond acceptors (Lipinski definition) is 4. The number of para-hydroxylation sites is 1. The van der Waals surface area contributed by atoms with E-state index in [0.29, 0.717) is 18.5 Å². The molecule has 2 aromatic carbocycles. The van der Waals surface area contributed by atoms with Crippen LogP contribution in [0, 0.1) is 6.92 Å². The minimum atomic E-state index is -1.08. The van der Waals surface area contributed by atoms with Gasteiger partial charge in [-0.1, -0.05) is 54.4 Å². The number of aryl methyl sites for hydroxylation is 1. The van der Waals surface area contributed by atoms with Crippen LogP contribution in [0.3, 0.4) is 0 Å². The number of carbonyl (C=O) groups is 3. The molecule has 1 atom stereocenters. The first kappa shape index (κ1) is 23.8. The molecule has 2 aliphatic rings. The Morgan fingerprint density at radius 2 is 1.82 bits per heavy atom. The third-order valence-electron chi connectivity index (χ3n) is 6.67. The van der Waals surface area contributed by atoms with Crippen molar-refractivity contribution in [3.63, 3.8) is 0 Å². The first-order valence-electron chi connectivity index (χ1n) is 12.1. The lowest BCUT2D eigenvalue weighted by Crippen LogP contribution is -2.52. The maximum atomic E-state index is 13.7. The molecule has 0 bridgehead atoms. The fourth-order valence-electron chi connectivity index (χ4n) is 4.96. The molecular weight excluding hydrogens is 432 g/mol. The van der Waals surface area contributed by atoms with Crippen molar-refractivity contribution >= 4 is 23.7 Å². The van der Waals surface area contributed by atoms with Gasteiger partial charge in [0.05, 0.1) is 5.69 Å². The molecule has 1 aliphatic heterocycles. The van der Waals surface area contributed by atoms with Crippen molar-refractivity contribution in [1.29, 1.82) is 0 Å². The molecule has 2 amide bonds. The molecule has 1 N–H and O–H groups in total. The van der Waals surface area contributed by atoms with Gasteiger partial charge < -0.3 is 14.7 Å². The molecule has 7 heteroatoms. The van der Waals surface area contributed by atoms with Crippen LogP contribution < -0.4 is 4.90 Å². The number of fused-ring (bicyclic) bond motifs is 1. The minimum Gasteiger partial charge on any atom is -0.480 e. The second-order valence-corrected chi connectivity index (χ2v) is 9.25. The summed E-state index contributed by atoms with van der Waals surface area (Å²) < 4.78 is 5.82. The Hall–Kier alpha value is -3.35. The summed E-state index contributed by atoms with van der Waals surface area (Å²) in [6, 6.07) is 14.6. The average Bonchev–Trinajstić information content (AvgIpc) is 3.21. The molecule has 34 heavy (non-hydrogen) atoms. The molecule has 2 aromatic rings. The van der Waals surface area contributed by atoms with Crippen molar-refractivity contribution < 1.29 is 24.2 Å². The Bertz CT molecular complexity index is 1050. The number of amides is 2. The monoisotopic (exact) mass is 464 g/mol. The van der Waals surface area contributed by atoms with Crippen molar-refractivity contribution in [2.24, 2.45) is 0 Å². The smallest absolute Gasteiger partial charge is 0.415 e. The highest BCUT2D eigenvalue weighted by Gasteiger charge is 2.42. The van der Waals surface area contributed by atoms with Gasteiger partial charge in [0.15, 0.2) is 0 Å². The summed E-state index contributed by atoms with van der Waals surface area (Å²) in [5.41, 5.74) is 3.69. The molecule has 0 spiro atoms. The Morgan fingerprint density at radius 3 is 2.56 bits per heavy atom. The Balaban J connectivity index is 1.54. The summed E-state index contributed by atoms with van der Waals surface area (Å²) in [5.74, 6) is -1.45. The van der Waals surface area contributed by atoms with E-state index in [1.165, 1.54) is 9.80 Å². The van der Waals surface area contributed by atoms with Gasteiger partial charge in [-0.3, -0.25) is 14.5 Å². The molecule has 4 rings (SSSR count). The zero-order chi connectivity index (χ0) is 24.1. The largest absolute Gasteiger partial charge is 0.480 e. The van der Waals surface area contributed by atoms with Crippen molar-refractivity contribution in [2.75, 3.05) is 18.0 Å². The van der Waals surface area contributed by atoms with E-state index in [4.69, 9.17) is 4.74 Å². The zero-order valence-corrected chi connectivity index (χ0v) is 19.6. The van der Waals surface area contributed by atoms with Crippen LogP contribution >= 0.6 is 0 Å². The quantitative estimate of drug-likeness (QED) is 0.658. The number of anilines is 1. The summed E-state index contributed by atoms with van der Waals surface area (Å²) in [7, 11) is 0. The van der Waals surface area contributed by atoms with Gasteiger partial charge in [-0.05, 0) is 56.2 Å². The highest BCUT2D eigenvalue weighted by atomic mass is 16.6. The van der Waals surface area contributed by atoms with Crippen LogP contribution in [0.2, 0.25) is 0 Å². The number of hydrogen-bond donors (Lipinski definition) is 1. The summed E-state index contributed by atoms with van der Waals surface area (Å²) >= 11 is 0. The first-order chi connectivity index (χ1) is 16.4. The summed E-state index contributed by atoms with van der Waals surface area (Å²) in [4.78, 5) is 41.3. The Morgan fingerprint density at radius 1 is 1.06 bits per heavy atom. The molecule has 0 radical (unpaired) electrons. The molecule has 0 saturated heterocycles. The highest BCUT2D eigenvalue weighted by Crippen LogP contribution is 2.34. The summed E-state index contributed by atoms with van der Waals surface area (Å²) in [5, 5.41) is 9.48. The van der Waals surface area contributed by atoms with E-state index in [2.05, 4.69) is 0 Å². The van der Waals surface area contributed by atoms with Gasteiger partial charge in [-0.25, -0.2) is 4.79 Å². The van der Waals surface area contributed by atoms with Gasteiger partial charge >= 0.3 is 12.1 Å². The molecule has 1 saturated carbocycles. The SMILES string of the molecule is Cc1cccc(CCN(CC(=O)O)C(=O)[C@H]2Cc3ccccc3N2C(=O)OC2CCCCC2)c1. The van der Waals surface area contributed by atoms with Gasteiger partial charge in [0.1, 0.15) is 18.7 Å². The second-order valence-electron chi connectivity index (χ2n) is 9.25. The lowest BCUT2D eigenvalue weighted by atomic mass is 9.98. The third-order valence-corrected chi connectivity index (χ3v) is 6.67. The minimum absolute atomic E-state index is 0.138. The van der Waals surface area contributed by atoms with Crippen molar-refractivity contribution in [1.82, 2.24) is 4.90 Å². The van der Waals surface area contributed by atoms with Crippen LogP contribution in [0.5, 0.6) is 0 Å². The molecule has 1 fully saturated rings. The standard InChI is InChI=1S/C27H32N2O5/c1-19-8-7-9-20(16-19)14-15-28(18-25(30)31)26(32)24-17-21-10-5-6-13-23(21)29(24)27(33)34-22-11-3-2-4-12-22/h5-10,13,16,22,24H,2-4,11-12,14-15,17-18H2,1H3,(H,30,31)/t24-/m1/s1. The number of aliphatic carboxylic acids is 1. The van der Waals surface area contributed by atoms with Crippen molar-refractivity contribution in [3.8, 4) is 0 Å².